The highest BCUT2D eigenvalue weighted by molar-refractivity contribution is 9.10. The molecule has 0 aliphatic carbocycles. The molecule has 0 aliphatic heterocycles. The summed E-state index contributed by atoms with van der Waals surface area (Å²) in [5, 5.41) is 10.1. The first-order valence-electron chi connectivity index (χ1n) is 8.46. The Morgan fingerprint density at radius 3 is 2.88 bits per heavy atom. The molecule has 0 atom stereocenters. The van der Waals surface area contributed by atoms with Crippen molar-refractivity contribution in [1.29, 1.82) is 0 Å². The number of aryl methyl sites for hydroxylation is 2. The third-order valence-corrected chi connectivity index (χ3v) is 4.79. The van der Waals surface area contributed by atoms with Crippen molar-refractivity contribution < 1.29 is 14.6 Å². The number of imidazole rings is 1. The predicted octanol–water partition coefficient (Wildman–Crippen LogP) is 2.81. The lowest BCUT2D eigenvalue weighted by molar-refractivity contribution is -0.140. The maximum absolute atomic E-state index is 11.4. The van der Waals surface area contributed by atoms with Gasteiger partial charge < -0.3 is 20.1 Å². The number of hydrogen-bond donors (Lipinski definition) is 2. The van der Waals surface area contributed by atoms with Crippen molar-refractivity contribution in [3.8, 4) is 0 Å². The Hall–Kier alpha value is -2.19. The number of pyridine rings is 1. The number of nitrogen functional groups attached to an aromatic ring is 1. The molecule has 0 aliphatic rings. The Morgan fingerprint density at radius 1 is 1.35 bits per heavy atom. The number of fused-ring (bicyclic) bond motifs is 3. The minimum atomic E-state index is -0.235. The summed E-state index contributed by atoms with van der Waals surface area (Å²) in [6.45, 7) is 0.702. The molecular formula is C18H21BrN4O3. The van der Waals surface area contributed by atoms with Crippen LogP contribution in [0.15, 0.2) is 22.7 Å². The fourth-order valence-corrected chi connectivity index (χ4v) is 3.43. The topological polar surface area (TPSA) is 103 Å². The Balaban J connectivity index is 2.12. The van der Waals surface area contributed by atoms with Crippen LogP contribution in [0.25, 0.3) is 21.9 Å². The zero-order chi connectivity index (χ0) is 18.7. The second-order valence-corrected chi connectivity index (χ2v) is 6.96. The van der Waals surface area contributed by atoms with Crippen LogP contribution in [0.5, 0.6) is 0 Å². The van der Waals surface area contributed by atoms with Crippen LogP contribution in [-0.4, -0.2) is 39.3 Å². The van der Waals surface area contributed by atoms with Crippen LogP contribution >= 0.6 is 15.9 Å². The van der Waals surface area contributed by atoms with Crippen LogP contribution in [0.2, 0.25) is 0 Å². The molecule has 3 aromatic rings. The number of rotatable bonds is 7. The van der Waals surface area contributed by atoms with Crippen molar-refractivity contribution in [2.75, 3.05) is 19.5 Å². The van der Waals surface area contributed by atoms with Gasteiger partial charge in [-0.15, -0.1) is 0 Å². The lowest BCUT2D eigenvalue weighted by Gasteiger charge is -2.10. The smallest absolute Gasteiger partial charge is 0.305 e. The van der Waals surface area contributed by atoms with Crippen molar-refractivity contribution in [2.45, 2.75) is 32.2 Å². The average Bonchev–Trinajstić information content (AvgIpc) is 2.99. The third kappa shape index (κ3) is 3.66. The quantitative estimate of drug-likeness (QED) is 0.569. The number of benzene rings is 1. The fraction of sp³-hybridized carbons (Fsp3) is 0.389. The van der Waals surface area contributed by atoms with Gasteiger partial charge in [0.1, 0.15) is 11.3 Å². The van der Waals surface area contributed by atoms with E-state index in [0.717, 1.165) is 26.7 Å². The standard InChI is InChI=1S/C18H21BrN4O3/c1-26-15(25)5-2-8-23-14(4-3-9-24)22-16-17(23)12-7-6-11(19)10-13(12)21-18(16)20/h6-7,10,24H,2-5,8-9H2,1H3,(H2,20,21). The maximum atomic E-state index is 11.4. The molecule has 0 unspecified atom stereocenters. The number of aliphatic hydroxyl groups excluding tert-OH is 1. The van der Waals surface area contributed by atoms with Crippen LogP contribution in [-0.2, 0) is 22.5 Å². The number of aromatic nitrogens is 3. The highest BCUT2D eigenvalue weighted by Gasteiger charge is 2.17. The summed E-state index contributed by atoms with van der Waals surface area (Å²) >= 11 is 3.46. The Morgan fingerprint density at radius 2 is 2.15 bits per heavy atom. The number of nitrogens with two attached hydrogens (primary N) is 1. The first-order chi connectivity index (χ1) is 12.5. The van der Waals surface area contributed by atoms with Gasteiger partial charge in [0.2, 0.25) is 0 Å². The summed E-state index contributed by atoms with van der Waals surface area (Å²) < 4.78 is 7.73. The van der Waals surface area contributed by atoms with Gasteiger partial charge >= 0.3 is 5.97 Å². The van der Waals surface area contributed by atoms with Gasteiger partial charge in [0.05, 0.1) is 18.1 Å². The van der Waals surface area contributed by atoms with Crippen molar-refractivity contribution in [3.05, 3.63) is 28.5 Å². The SMILES string of the molecule is COC(=O)CCCn1c(CCCO)nc2c(N)nc3cc(Br)ccc3c21. The molecule has 0 saturated heterocycles. The van der Waals surface area contributed by atoms with Crippen molar-refractivity contribution in [3.63, 3.8) is 0 Å². The third-order valence-electron chi connectivity index (χ3n) is 4.29. The number of anilines is 1. The Kier molecular flexibility index (Phi) is 5.73. The van der Waals surface area contributed by atoms with Gasteiger partial charge in [0.15, 0.2) is 5.82 Å². The van der Waals surface area contributed by atoms with Gasteiger partial charge in [-0.3, -0.25) is 4.79 Å². The van der Waals surface area contributed by atoms with Crippen molar-refractivity contribution in [2.24, 2.45) is 0 Å². The molecule has 26 heavy (non-hydrogen) atoms. The second-order valence-electron chi connectivity index (χ2n) is 6.04. The highest BCUT2D eigenvalue weighted by Crippen LogP contribution is 2.31. The molecule has 0 bridgehead atoms. The fourth-order valence-electron chi connectivity index (χ4n) is 3.08. The van der Waals surface area contributed by atoms with E-state index in [4.69, 9.17) is 10.5 Å². The molecule has 0 amide bonds. The van der Waals surface area contributed by atoms with E-state index in [0.29, 0.717) is 43.6 Å². The molecule has 0 saturated carbocycles. The van der Waals surface area contributed by atoms with Crippen LogP contribution in [0.1, 0.15) is 25.1 Å². The second kappa shape index (κ2) is 8.01. The number of methoxy groups -OCH3 is 1. The Labute approximate surface area is 159 Å². The van der Waals surface area contributed by atoms with E-state index >= 15 is 0 Å². The van der Waals surface area contributed by atoms with Crippen LogP contribution in [0, 0.1) is 0 Å². The molecule has 0 radical (unpaired) electrons. The molecule has 3 N–H and O–H groups in total. The van der Waals surface area contributed by atoms with Crippen LogP contribution in [0.3, 0.4) is 0 Å². The minimum Gasteiger partial charge on any atom is -0.469 e. The summed E-state index contributed by atoms with van der Waals surface area (Å²) in [7, 11) is 1.39. The minimum absolute atomic E-state index is 0.0901. The van der Waals surface area contributed by atoms with Crippen molar-refractivity contribution >= 4 is 49.7 Å². The monoisotopic (exact) mass is 420 g/mol. The first kappa shape index (κ1) is 18.6. The molecule has 8 heteroatoms. The number of ether oxygens (including phenoxy) is 1. The molecule has 2 heterocycles. The van der Waals surface area contributed by atoms with Crippen LogP contribution < -0.4 is 5.73 Å². The van der Waals surface area contributed by atoms with Gasteiger partial charge in [-0.25, -0.2) is 9.97 Å². The van der Waals surface area contributed by atoms with Gasteiger partial charge in [-0.2, -0.15) is 0 Å². The molecule has 7 nitrogen and oxygen atoms in total. The Bertz CT molecular complexity index is 955. The van der Waals surface area contributed by atoms with E-state index in [-0.39, 0.29) is 12.6 Å². The summed E-state index contributed by atoms with van der Waals surface area (Å²) in [6.07, 6.45) is 2.20. The van der Waals surface area contributed by atoms with Gasteiger partial charge in [0, 0.05) is 35.9 Å². The van der Waals surface area contributed by atoms with Gasteiger partial charge in [-0.05, 0) is 31.0 Å². The number of hydrogen-bond acceptors (Lipinski definition) is 6. The largest absolute Gasteiger partial charge is 0.469 e. The van der Waals surface area contributed by atoms with E-state index < -0.39 is 0 Å². The number of halogens is 1. The normalized spacial score (nSPS) is 11.3. The highest BCUT2D eigenvalue weighted by atomic mass is 79.9. The van der Waals surface area contributed by atoms with Gasteiger partial charge in [0.25, 0.3) is 0 Å². The summed E-state index contributed by atoms with van der Waals surface area (Å²) in [6, 6.07) is 5.87. The van der Waals surface area contributed by atoms with Crippen LogP contribution in [0.4, 0.5) is 5.82 Å². The van der Waals surface area contributed by atoms with Gasteiger partial charge in [-0.1, -0.05) is 15.9 Å². The van der Waals surface area contributed by atoms with Crippen molar-refractivity contribution in [1.82, 2.24) is 14.5 Å². The summed E-state index contributed by atoms with van der Waals surface area (Å²) in [5.74, 6) is 0.978. The molecule has 0 spiro atoms. The lowest BCUT2D eigenvalue weighted by Crippen LogP contribution is -2.08. The number of carbonyl (C=O) groups excluding carboxylic acids is 1. The first-order valence-corrected chi connectivity index (χ1v) is 9.26. The van der Waals surface area contributed by atoms with E-state index in [2.05, 4.69) is 30.5 Å². The van der Waals surface area contributed by atoms with E-state index in [1.807, 2.05) is 18.2 Å². The number of carbonyl (C=O) groups is 1. The molecule has 138 valence electrons. The molecule has 1 aromatic carbocycles. The number of esters is 1. The predicted molar refractivity (Wildman–Crippen MR) is 104 cm³/mol. The maximum Gasteiger partial charge on any atom is 0.305 e. The van der Waals surface area contributed by atoms with E-state index in [9.17, 15) is 9.90 Å². The molecule has 3 rings (SSSR count). The zero-order valence-electron chi connectivity index (χ0n) is 14.5. The molecule has 2 aromatic heterocycles. The number of aliphatic hydroxyl groups is 1. The average molecular weight is 421 g/mol. The zero-order valence-corrected chi connectivity index (χ0v) is 16.1. The lowest BCUT2D eigenvalue weighted by atomic mass is 10.2. The van der Waals surface area contributed by atoms with E-state index in [1.165, 1.54) is 7.11 Å². The summed E-state index contributed by atoms with van der Waals surface area (Å²) in [4.78, 5) is 20.6. The molecular weight excluding hydrogens is 400 g/mol. The summed E-state index contributed by atoms with van der Waals surface area (Å²) in [5.41, 5.74) is 8.51. The van der Waals surface area contributed by atoms with E-state index in [1.54, 1.807) is 0 Å². The molecule has 0 fully saturated rings. The number of nitrogens with zero attached hydrogens (tertiary/aromatic N) is 3.